The van der Waals surface area contributed by atoms with Gasteiger partial charge < -0.3 is 14.7 Å². The lowest BCUT2D eigenvalue weighted by molar-refractivity contribution is 0.638. The molecule has 2 aromatic heterocycles. The van der Waals surface area contributed by atoms with Gasteiger partial charge in [0.25, 0.3) is 0 Å². The smallest absolute Gasteiger partial charge is 0.151 e. The molecule has 0 bridgehead atoms. The molecule has 0 spiro atoms. The van der Waals surface area contributed by atoms with Crippen LogP contribution in [0, 0.1) is 0 Å². The van der Waals surface area contributed by atoms with Crippen molar-refractivity contribution < 1.29 is 0 Å². The van der Waals surface area contributed by atoms with Crippen molar-refractivity contribution in [2.24, 2.45) is 0 Å². The van der Waals surface area contributed by atoms with Gasteiger partial charge in [-0.1, -0.05) is 11.6 Å². The van der Waals surface area contributed by atoms with Crippen molar-refractivity contribution in [1.29, 1.82) is 0 Å². The average molecular weight is 370 g/mol. The molecule has 0 radical (unpaired) electrons. The fraction of sp³-hybridized carbons (Fsp3) is 0.333. The molecule has 4 rings (SSSR count). The molecule has 1 aromatic carbocycles. The normalized spacial score (nSPS) is 14.7. The van der Waals surface area contributed by atoms with Crippen LogP contribution in [-0.2, 0) is 0 Å². The monoisotopic (exact) mass is 369 g/mol. The lowest BCUT2D eigenvalue weighted by Crippen LogP contribution is -2.47. The second kappa shape index (κ2) is 6.92. The van der Waals surface area contributed by atoms with Gasteiger partial charge in [-0.25, -0.2) is 4.98 Å². The maximum atomic E-state index is 6.01. The fourth-order valence-electron chi connectivity index (χ4n) is 3.02. The summed E-state index contributed by atoms with van der Waals surface area (Å²) in [6.07, 6.45) is 1.82. The van der Waals surface area contributed by atoms with Crippen LogP contribution in [0.2, 0.25) is 5.02 Å². The highest BCUT2D eigenvalue weighted by Gasteiger charge is 2.20. The first-order valence-electron chi connectivity index (χ1n) is 8.53. The zero-order valence-electron chi connectivity index (χ0n) is 14.8. The van der Waals surface area contributed by atoms with Gasteiger partial charge in [0.15, 0.2) is 11.6 Å². The van der Waals surface area contributed by atoms with Crippen molar-refractivity contribution in [2.45, 2.75) is 0 Å². The van der Waals surface area contributed by atoms with Crippen LogP contribution >= 0.6 is 11.6 Å². The van der Waals surface area contributed by atoms with E-state index in [9.17, 15) is 0 Å². The summed E-state index contributed by atoms with van der Waals surface area (Å²) in [6.45, 7) is 3.47. The minimum Gasteiger partial charge on any atom is -0.361 e. The highest BCUT2D eigenvalue weighted by molar-refractivity contribution is 6.31. The Morgan fingerprint density at radius 3 is 2.27 bits per heavy atom. The minimum atomic E-state index is 0.676. The molecule has 0 atom stereocenters. The van der Waals surface area contributed by atoms with Crippen molar-refractivity contribution >= 4 is 40.1 Å². The molecule has 0 N–H and O–H groups in total. The highest BCUT2D eigenvalue weighted by Crippen LogP contribution is 2.21. The topological polar surface area (TPSA) is 61.3 Å². The molecule has 1 aliphatic rings. The van der Waals surface area contributed by atoms with Crippen LogP contribution in [-0.4, -0.2) is 60.4 Å². The molecule has 3 heterocycles. The molecule has 0 amide bonds. The number of fused-ring (bicyclic) bond motifs is 1. The predicted octanol–water partition coefficient (Wildman–Crippen LogP) is 2.47. The molecule has 1 fully saturated rings. The van der Waals surface area contributed by atoms with Crippen LogP contribution < -0.4 is 14.7 Å². The van der Waals surface area contributed by atoms with Gasteiger partial charge in [0.1, 0.15) is 5.82 Å². The number of halogens is 1. The lowest BCUT2D eigenvalue weighted by atomic mass is 10.3. The third-order valence-electron chi connectivity index (χ3n) is 4.51. The van der Waals surface area contributed by atoms with E-state index in [1.54, 1.807) is 0 Å². The van der Waals surface area contributed by atoms with Crippen LogP contribution in [0.15, 0.2) is 36.5 Å². The summed E-state index contributed by atoms with van der Waals surface area (Å²) >= 11 is 6.01. The Balaban J connectivity index is 1.45. The zero-order chi connectivity index (χ0) is 18.1. The Morgan fingerprint density at radius 2 is 1.62 bits per heavy atom. The molecular weight excluding hydrogens is 350 g/mol. The molecule has 0 unspecified atom stereocenters. The second-order valence-electron chi connectivity index (χ2n) is 6.48. The fourth-order valence-corrected chi connectivity index (χ4v) is 3.18. The van der Waals surface area contributed by atoms with Gasteiger partial charge in [-0.3, -0.25) is 4.98 Å². The first-order valence-corrected chi connectivity index (χ1v) is 8.91. The summed E-state index contributed by atoms with van der Waals surface area (Å²) in [5, 5.41) is 9.28. The van der Waals surface area contributed by atoms with Gasteiger partial charge in [0, 0.05) is 45.3 Å². The maximum Gasteiger partial charge on any atom is 0.151 e. The molecular formula is C18H20ClN7. The number of benzene rings is 1. The number of hydrogen-bond donors (Lipinski definition) is 0. The van der Waals surface area contributed by atoms with E-state index in [0.29, 0.717) is 5.02 Å². The number of hydrogen-bond acceptors (Lipinski definition) is 7. The van der Waals surface area contributed by atoms with E-state index >= 15 is 0 Å². The second-order valence-corrected chi connectivity index (χ2v) is 6.92. The van der Waals surface area contributed by atoms with Gasteiger partial charge in [-0.05, 0) is 30.3 Å². The third-order valence-corrected chi connectivity index (χ3v) is 4.75. The van der Waals surface area contributed by atoms with Gasteiger partial charge in [0.2, 0.25) is 0 Å². The van der Waals surface area contributed by atoms with Gasteiger partial charge in [-0.15, -0.1) is 10.2 Å². The van der Waals surface area contributed by atoms with Crippen molar-refractivity contribution in [3.63, 3.8) is 0 Å². The number of nitrogens with zero attached hydrogens (tertiary/aromatic N) is 7. The lowest BCUT2D eigenvalue weighted by Gasteiger charge is -2.35. The van der Waals surface area contributed by atoms with Crippen molar-refractivity contribution in [3.8, 4) is 0 Å². The minimum absolute atomic E-state index is 0.676. The largest absolute Gasteiger partial charge is 0.361 e. The number of anilines is 3. The Bertz CT molecular complexity index is 905. The summed E-state index contributed by atoms with van der Waals surface area (Å²) in [5.41, 5.74) is 1.68. The molecule has 7 nitrogen and oxygen atoms in total. The zero-order valence-corrected chi connectivity index (χ0v) is 15.6. The van der Waals surface area contributed by atoms with E-state index in [1.807, 2.05) is 55.5 Å². The first kappa shape index (κ1) is 16.8. The summed E-state index contributed by atoms with van der Waals surface area (Å²) in [4.78, 5) is 15.7. The van der Waals surface area contributed by atoms with E-state index in [0.717, 1.165) is 54.7 Å². The van der Waals surface area contributed by atoms with Gasteiger partial charge >= 0.3 is 0 Å². The van der Waals surface area contributed by atoms with Crippen LogP contribution in [0.4, 0.5) is 17.5 Å². The predicted molar refractivity (Wildman–Crippen MR) is 105 cm³/mol. The Kier molecular flexibility index (Phi) is 4.46. The van der Waals surface area contributed by atoms with E-state index in [1.165, 1.54) is 0 Å². The highest BCUT2D eigenvalue weighted by atomic mass is 35.5. The Morgan fingerprint density at radius 1 is 0.885 bits per heavy atom. The molecule has 0 aliphatic carbocycles. The Labute approximate surface area is 157 Å². The first-order chi connectivity index (χ1) is 12.6. The van der Waals surface area contributed by atoms with Crippen LogP contribution in [0.5, 0.6) is 0 Å². The molecule has 26 heavy (non-hydrogen) atoms. The van der Waals surface area contributed by atoms with Gasteiger partial charge in [-0.2, -0.15) is 0 Å². The Hall–Kier alpha value is -2.67. The van der Waals surface area contributed by atoms with Crippen LogP contribution in [0.3, 0.4) is 0 Å². The van der Waals surface area contributed by atoms with Crippen LogP contribution in [0.25, 0.3) is 11.0 Å². The molecule has 134 valence electrons. The molecule has 1 aliphatic heterocycles. The van der Waals surface area contributed by atoms with E-state index in [4.69, 9.17) is 16.6 Å². The van der Waals surface area contributed by atoms with Crippen molar-refractivity contribution in [3.05, 3.63) is 41.6 Å². The third kappa shape index (κ3) is 3.35. The molecule has 8 heteroatoms. The van der Waals surface area contributed by atoms with E-state index in [-0.39, 0.29) is 0 Å². The summed E-state index contributed by atoms with van der Waals surface area (Å²) in [5.74, 6) is 2.67. The van der Waals surface area contributed by atoms with Crippen molar-refractivity contribution in [2.75, 3.05) is 55.0 Å². The van der Waals surface area contributed by atoms with E-state index in [2.05, 4.69) is 25.0 Å². The van der Waals surface area contributed by atoms with Crippen LogP contribution in [0.1, 0.15) is 0 Å². The SMILES string of the molecule is CN(C)c1ccc(N2CCN(c3cnc4cc(Cl)ccc4n3)CC2)nn1. The quantitative estimate of drug-likeness (QED) is 0.702. The number of aromatic nitrogens is 4. The van der Waals surface area contributed by atoms with Gasteiger partial charge in [0.05, 0.1) is 17.2 Å². The molecule has 0 saturated carbocycles. The summed E-state index contributed by atoms with van der Waals surface area (Å²) in [6, 6.07) is 9.61. The van der Waals surface area contributed by atoms with Crippen molar-refractivity contribution in [1.82, 2.24) is 20.2 Å². The summed E-state index contributed by atoms with van der Waals surface area (Å²) in [7, 11) is 3.92. The number of piperazine rings is 1. The molecule has 3 aromatic rings. The standard InChI is InChI=1S/C18H20ClN7/c1-24(2)16-5-6-17(23-22-16)25-7-9-26(10-8-25)18-12-20-15-11-13(19)3-4-14(15)21-18/h3-6,11-12H,7-10H2,1-2H3. The number of rotatable bonds is 3. The summed E-state index contributed by atoms with van der Waals surface area (Å²) < 4.78 is 0. The average Bonchev–Trinajstić information content (AvgIpc) is 2.68. The maximum absolute atomic E-state index is 6.01. The van der Waals surface area contributed by atoms with E-state index < -0.39 is 0 Å². The molecule has 1 saturated heterocycles.